The molecule has 4 nitrogen and oxygen atoms in total. The van der Waals surface area contributed by atoms with Crippen LogP contribution >= 0.6 is 39.7 Å². The number of nitrogens with zero attached hydrogens (tertiary/aromatic N) is 1. The van der Waals surface area contributed by atoms with Crippen LogP contribution in [0.3, 0.4) is 0 Å². The van der Waals surface area contributed by atoms with Crippen LogP contribution in [0.4, 0.5) is 5.13 Å². The first-order valence-corrected chi connectivity index (χ1v) is 9.00. The summed E-state index contributed by atoms with van der Waals surface area (Å²) in [6, 6.07) is 8.22. The maximum Gasteiger partial charge on any atom is 0.240 e. The molecule has 0 radical (unpaired) electrons. The van der Waals surface area contributed by atoms with Crippen LogP contribution in [0.25, 0.3) is 0 Å². The minimum absolute atomic E-state index is 0. The monoisotopic (exact) mass is 415 g/mol. The summed E-state index contributed by atoms with van der Waals surface area (Å²) in [6.07, 6.45) is 5.24. The van der Waals surface area contributed by atoms with E-state index in [9.17, 15) is 4.79 Å². The Morgan fingerprint density at radius 3 is 2.96 bits per heavy atom. The second-order valence-electron chi connectivity index (χ2n) is 5.56. The predicted octanol–water partition coefficient (Wildman–Crippen LogP) is 3.86. The molecule has 1 aromatic heterocycles. The molecule has 1 aliphatic carbocycles. The largest absolute Gasteiger partial charge is 0.308 e. The number of hydrogen-bond donors (Lipinski definition) is 2. The summed E-state index contributed by atoms with van der Waals surface area (Å²) >= 11 is 5.00. The average molecular weight is 417 g/mol. The number of hydrogen-bond acceptors (Lipinski definition) is 4. The van der Waals surface area contributed by atoms with Crippen molar-refractivity contribution in [1.82, 2.24) is 10.3 Å². The fraction of sp³-hybridized carbons (Fsp3) is 0.375. The van der Waals surface area contributed by atoms with Gasteiger partial charge in [-0.05, 0) is 43.0 Å². The van der Waals surface area contributed by atoms with Crippen LogP contribution < -0.4 is 10.6 Å². The normalized spacial score (nSPS) is 13.4. The number of benzene rings is 1. The molecular formula is C16H19BrClN3OS. The quantitative estimate of drug-likeness (QED) is 0.720. The van der Waals surface area contributed by atoms with Crippen LogP contribution in [-0.2, 0) is 11.2 Å². The van der Waals surface area contributed by atoms with Crippen molar-refractivity contribution in [2.75, 3.05) is 18.4 Å². The Morgan fingerprint density at radius 1 is 1.39 bits per heavy atom. The van der Waals surface area contributed by atoms with Crippen LogP contribution in [0.15, 0.2) is 34.9 Å². The van der Waals surface area contributed by atoms with Gasteiger partial charge >= 0.3 is 0 Å². The molecule has 0 atom stereocenters. The molecular weight excluding hydrogens is 398 g/mol. The van der Waals surface area contributed by atoms with Gasteiger partial charge in [0, 0.05) is 22.0 Å². The Hall–Kier alpha value is -0.950. The van der Waals surface area contributed by atoms with E-state index >= 15 is 0 Å². The molecule has 0 aliphatic heterocycles. The zero-order valence-corrected chi connectivity index (χ0v) is 15.8. The lowest BCUT2D eigenvalue weighted by atomic mass is 10.1. The molecule has 1 aromatic carbocycles. The van der Waals surface area contributed by atoms with Crippen molar-refractivity contribution in [3.05, 3.63) is 45.4 Å². The van der Waals surface area contributed by atoms with Gasteiger partial charge in [0.2, 0.25) is 5.91 Å². The van der Waals surface area contributed by atoms with E-state index in [4.69, 9.17) is 0 Å². The molecule has 0 bridgehead atoms. The third-order valence-corrected chi connectivity index (χ3v) is 4.89. The van der Waals surface area contributed by atoms with E-state index in [1.165, 1.54) is 29.7 Å². The van der Waals surface area contributed by atoms with E-state index in [2.05, 4.69) is 43.7 Å². The number of nitrogens with one attached hydrogen (secondary N) is 2. The maximum atomic E-state index is 11.8. The van der Waals surface area contributed by atoms with Crippen molar-refractivity contribution < 1.29 is 4.79 Å². The zero-order valence-electron chi connectivity index (χ0n) is 12.5. The summed E-state index contributed by atoms with van der Waals surface area (Å²) in [6.45, 7) is 1.30. The molecule has 7 heteroatoms. The van der Waals surface area contributed by atoms with Crippen molar-refractivity contribution in [3.8, 4) is 0 Å². The van der Waals surface area contributed by atoms with Gasteiger partial charge in [0.15, 0.2) is 5.13 Å². The predicted molar refractivity (Wildman–Crippen MR) is 101 cm³/mol. The average Bonchev–Trinajstić information content (AvgIpc) is 3.20. The molecule has 1 amide bonds. The Morgan fingerprint density at radius 2 is 2.22 bits per heavy atom. The smallest absolute Gasteiger partial charge is 0.240 e. The van der Waals surface area contributed by atoms with Crippen molar-refractivity contribution in [3.63, 3.8) is 0 Å². The van der Waals surface area contributed by atoms with Gasteiger partial charge in [-0.25, -0.2) is 4.98 Å². The lowest BCUT2D eigenvalue weighted by Gasteiger charge is -2.03. The Bertz CT molecular complexity index is 660. The number of aromatic nitrogens is 1. The van der Waals surface area contributed by atoms with E-state index in [1.54, 1.807) is 0 Å². The summed E-state index contributed by atoms with van der Waals surface area (Å²) in [5, 5.41) is 6.70. The Kier molecular flexibility index (Phi) is 7.02. The van der Waals surface area contributed by atoms with E-state index in [0.717, 1.165) is 28.2 Å². The van der Waals surface area contributed by atoms with Crippen molar-refractivity contribution in [1.29, 1.82) is 0 Å². The second-order valence-corrected chi connectivity index (χ2v) is 7.59. The summed E-state index contributed by atoms with van der Waals surface area (Å²) in [7, 11) is 0. The van der Waals surface area contributed by atoms with Gasteiger partial charge in [0.1, 0.15) is 0 Å². The van der Waals surface area contributed by atoms with Gasteiger partial charge in [-0.15, -0.1) is 23.7 Å². The third-order valence-electron chi connectivity index (χ3n) is 3.48. The van der Waals surface area contributed by atoms with Crippen molar-refractivity contribution >= 4 is 50.7 Å². The van der Waals surface area contributed by atoms with Crippen LogP contribution in [0.5, 0.6) is 0 Å². The van der Waals surface area contributed by atoms with Crippen LogP contribution in [-0.4, -0.2) is 24.0 Å². The molecule has 1 saturated carbocycles. The first-order valence-electron chi connectivity index (χ1n) is 7.39. The molecule has 1 heterocycles. The molecule has 2 N–H and O–H groups in total. The maximum absolute atomic E-state index is 11.8. The number of halogens is 2. The molecule has 23 heavy (non-hydrogen) atoms. The minimum atomic E-state index is -0.0241. The third kappa shape index (κ3) is 6.22. The lowest BCUT2D eigenvalue weighted by Crippen LogP contribution is -2.29. The fourth-order valence-corrected chi connectivity index (χ4v) is 3.48. The number of amides is 1. The van der Waals surface area contributed by atoms with Crippen LogP contribution in [0.2, 0.25) is 0 Å². The molecule has 0 spiro atoms. The topological polar surface area (TPSA) is 54.0 Å². The van der Waals surface area contributed by atoms with Gasteiger partial charge in [-0.1, -0.05) is 28.1 Å². The molecule has 1 aliphatic rings. The SMILES string of the molecule is Cl.O=C(CNCC1CC1)Nc1ncc(Cc2cccc(Br)c2)s1. The highest BCUT2D eigenvalue weighted by Gasteiger charge is 2.20. The number of carbonyl (C=O) groups excluding carboxylic acids is 1. The summed E-state index contributed by atoms with van der Waals surface area (Å²) < 4.78 is 1.07. The van der Waals surface area contributed by atoms with Crippen LogP contribution in [0.1, 0.15) is 23.3 Å². The molecule has 2 aromatic rings. The first-order chi connectivity index (χ1) is 10.7. The molecule has 1 fully saturated rings. The molecule has 0 unspecified atom stereocenters. The standard InChI is InChI=1S/C16H18BrN3OS.ClH/c17-13-3-1-2-12(6-13)7-14-9-19-16(22-14)20-15(21)10-18-8-11-4-5-11;/h1-3,6,9,11,18H,4-5,7-8,10H2,(H,19,20,21);1H. The zero-order chi connectivity index (χ0) is 15.4. The highest BCUT2D eigenvalue weighted by molar-refractivity contribution is 9.10. The fourth-order valence-electron chi connectivity index (χ4n) is 2.17. The highest BCUT2D eigenvalue weighted by atomic mass is 79.9. The van der Waals surface area contributed by atoms with E-state index in [0.29, 0.717) is 11.7 Å². The van der Waals surface area contributed by atoms with Gasteiger partial charge in [-0.2, -0.15) is 0 Å². The van der Waals surface area contributed by atoms with Crippen molar-refractivity contribution in [2.45, 2.75) is 19.3 Å². The minimum Gasteiger partial charge on any atom is -0.308 e. The second kappa shape index (κ2) is 8.78. The molecule has 0 saturated heterocycles. The van der Waals surface area contributed by atoms with Gasteiger partial charge in [0.05, 0.1) is 6.54 Å². The lowest BCUT2D eigenvalue weighted by molar-refractivity contribution is -0.115. The van der Waals surface area contributed by atoms with Gasteiger partial charge < -0.3 is 10.6 Å². The summed E-state index contributed by atoms with van der Waals surface area (Å²) in [4.78, 5) is 17.2. The van der Waals surface area contributed by atoms with E-state index in [-0.39, 0.29) is 18.3 Å². The number of rotatable bonds is 7. The first kappa shape index (κ1) is 18.4. The molecule has 124 valence electrons. The number of carbonyl (C=O) groups is 1. The summed E-state index contributed by atoms with van der Waals surface area (Å²) in [5.74, 6) is 0.758. The summed E-state index contributed by atoms with van der Waals surface area (Å²) in [5.41, 5.74) is 1.22. The number of anilines is 1. The Balaban J connectivity index is 0.00000192. The Labute approximate surface area is 154 Å². The van der Waals surface area contributed by atoms with Gasteiger partial charge in [0.25, 0.3) is 0 Å². The molecule has 3 rings (SSSR count). The van der Waals surface area contributed by atoms with Crippen LogP contribution in [0, 0.1) is 5.92 Å². The number of thiazole rings is 1. The van der Waals surface area contributed by atoms with Crippen molar-refractivity contribution in [2.24, 2.45) is 5.92 Å². The van der Waals surface area contributed by atoms with Gasteiger partial charge in [-0.3, -0.25) is 4.79 Å². The highest BCUT2D eigenvalue weighted by Crippen LogP contribution is 2.27. The van der Waals surface area contributed by atoms with E-state index in [1.807, 2.05) is 18.3 Å². The van der Waals surface area contributed by atoms with E-state index < -0.39 is 0 Å².